The molecule has 0 spiro atoms. The highest BCUT2D eigenvalue weighted by atomic mass is 32.2. The Kier molecular flexibility index (Phi) is 32.7. The van der Waals surface area contributed by atoms with E-state index in [1.807, 2.05) is 34.6 Å². The quantitative estimate of drug-likeness (QED) is 0.102. The van der Waals surface area contributed by atoms with E-state index in [0.29, 0.717) is 51.7 Å². The smallest absolute Gasteiger partial charge is 0.269 e. The molecule has 0 aromatic rings. The van der Waals surface area contributed by atoms with E-state index < -0.39 is 148 Å². The molecular formula is C69H122N12O15S. The van der Waals surface area contributed by atoms with Crippen LogP contribution in [-0.2, 0) is 71.8 Å². The second-order valence-corrected chi connectivity index (χ2v) is 30.7. The van der Waals surface area contributed by atoms with E-state index in [2.05, 4.69) is 27.4 Å². The average Bonchev–Trinajstić information content (AvgIpc) is 0.756. The second-order valence-electron chi connectivity index (χ2n) is 29.0. The summed E-state index contributed by atoms with van der Waals surface area (Å²) < 4.78 is 40.2. The van der Waals surface area contributed by atoms with Gasteiger partial charge in [0.2, 0.25) is 47.3 Å². The number of morpholine rings is 1. The third-order valence-corrected chi connectivity index (χ3v) is 20.1. The van der Waals surface area contributed by atoms with Crippen LogP contribution in [0.15, 0.2) is 24.7 Å². The van der Waals surface area contributed by atoms with E-state index >= 15 is 28.8 Å². The predicted molar refractivity (Wildman–Crippen MR) is 370 cm³/mol. The van der Waals surface area contributed by atoms with Crippen LogP contribution in [0.1, 0.15) is 161 Å². The summed E-state index contributed by atoms with van der Waals surface area (Å²) in [5, 5.41) is 10.3. The Morgan fingerprint density at radius 2 is 1.22 bits per heavy atom. The number of amides is 9. The minimum atomic E-state index is -3.62. The van der Waals surface area contributed by atoms with Gasteiger partial charge in [0, 0.05) is 86.1 Å². The molecule has 3 N–H and O–H groups in total. The molecular weight excluding hydrogens is 1270 g/mol. The first-order chi connectivity index (χ1) is 45.3. The number of hydroxylamine groups is 2. The molecule has 554 valence electrons. The lowest BCUT2D eigenvalue weighted by Crippen LogP contribution is -2.69. The summed E-state index contributed by atoms with van der Waals surface area (Å²) in [6.45, 7) is 33.5. The van der Waals surface area contributed by atoms with Crippen LogP contribution in [-0.4, -0.2) is 279 Å². The Morgan fingerprint density at radius 3 is 1.79 bits per heavy atom. The van der Waals surface area contributed by atoms with Crippen molar-refractivity contribution < 1.29 is 70.1 Å². The molecule has 4 rings (SSSR count). The van der Waals surface area contributed by atoms with Gasteiger partial charge in [-0.1, -0.05) is 88.7 Å². The molecule has 3 saturated heterocycles. The number of hydrogen-bond donors (Lipinski definition) is 3. The zero-order valence-corrected chi connectivity index (χ0v) is 63.1. The number of nitrogens with zero attached hydrogens (tertiary/aromatic N) is 9. The molecule has 97 heavy (non-hydrogen) atoms. The summed E-state index contributed by atoms with van der Waals surface area (Å²) in [5.74, 6) is -6.71. The van der Waals surface area contributed by atoms with E-state index in [0.717, 1.165) is 32.3 Å². The molecule has 4 aliphatic heterocycles. The summed E-state index contributed by atoms with van der Waals surface area (Å²) >= 11 is 0. The first-order valence-electron chi connectivity index (χ1n) is 35.2. The van der Waals surface area contributed by atoms with Crippen molar-refractivity contribution in [2.24, 2.45) is 29.6 Å². The van der Waals surface area contributed by atoms with Crippen molar-refractivity contribution in [3.05, 3.63) is 24.7 Å². The largest absolute Gasteiger partial charge is 0.379 e. The van der Waals surface area contributed by atoms with E-state index in [9.17, 15) is 22.8 Å². The molecule has 27 nitrogen and oxygen atoms in total. The van der Waals surface area contributed by atoms with Crippen LogP contribution >= 0.6 is 0 Å². The Balaban J connectivity index is 1.92. The van der Waals surface area contributed by atoms with Crippen molar-refractivity contribution in [2.75, 3.05) is 94.6 Å². The maximum absolute atomic E-state index is 15.6. The molecule has 4 heterocycles. The van der Waals surface area contributed by atoms with Gasteiger partial charge < -0.3 is 59.7 Å². The number of ether oxygens (including phenoxy) is 2. The molecule has 2 bridgehead atoms. The van der Waals surface area contributed by atoms with Crippen LogP contribution in [0.4, 0.5) is 0 Å². The van der Waals surface area contributed by atoms with Crippen molar-refractivity contribution in [3.63, 3.8) is 0 Å². The van der Waals surface area contributed by atoms with Crippen LogP contribution in [0.25, 0.3) is 0 Å². The molecule has 0 radical (unpaired) electrons. The van der Waals surface area contributed by atoms with Crippen LogP contribution in [0, 0.1) is 29.6 Å². The molecule has 14 atom stereocenters. The molecule has 5 unspecified atom stereocenters. The molecule has 0 saturated carbocycles. The summed E-state index contributed by atoms with van der Waals surface area (Å²) in [5.41, 5.74) is 0.237. The van der Waals surface area contributed by atoms with Crippen LogP contribution in [0.3, 0.4) is 0 Å². The Labute approximate surface area is 579 Å². The summed E-state index contributed by atoms with van der Waals surface area (Å²) in [4.78, 5) is 155. The summed E-state index contributed by atoms with van der Waals surface area (Å²) in [7, 11) is 5.55. The summed E-state index contributed by atoms with van der Waals surface area (Å²) in [6, 6.07) is -12.1. The van der Waals surface area contributed by atoms with Gasteiger partial charge in [-0.05, 0) is 115 Å². The van der Waals surface area contributed by atoms with Gasteiger partial charge in [-0.3, -0.25) is 57.1 Å². The standard InChI is InChI=1S/C69H122N12O15S/c1-23-52-65(86)74(17)50(14)64(85)78(21)59(51(15)94-35-28-26-30-79-33-37-93-38-34-79)62(83)72-56(44(6)7)68(89)75(18)53(39-42(2)3)61(82)71-49(13)63(84)80-32-31-73(16)54(40-43(4)5)66(87)76(19)55(41-47(80)11)67(88)77(20)57(45(8)9)69(90)81-58(48(12)70-52)60(96-81)46(10)29-25-24-27-36-95-97(22,91)92/h31-32,42-47,49-60,70H,12,23-30,33-41H2,1-11,13-22H3,(H,71,82)(H,72,83)/b32-31-/t46-,47?,49?,50-,51-,52?,53+,54+,55+,56?,57?,58-,59+,60-/m1/s1. The molecule has 0 aliphatic carbocycles. The monoisotopic (exact) mass is 1390 g/mol. The summed E-state index contributed by atoms with van der Waals surface area (Å²) in [6.07, 6.45) is 6.89. The Hall–Kier alpha value is -5.94. The van der Waals surface area contributed by atoms with Crippen LogP contribution in [0.2, 0.25) is 0 Å². The number of nitrogens with one attached hydrogen (secondary N) is 3. The van der Waals surface area contributed by atoms with Gasteiger partial charge >= 0.3 is 0 Å². The SMILES string of the molecule is C=C1NC(CC)C(=O)N(C)[C@H](C)C(=O)N(C)[C@@H]([C@@H](C)OCCCCN2CCOCC2)C(=O)NC(C(C)C)C(=O)N(C)[C@@H](CC(C)C)C(=O)NC(C)C(=O)N2/C=C\N(C)[C@@H](CC(C)C)C(=O)N(C)[C@@H](CC2C)C(=O)N(C)C(C(C)C)C(=O)N2O[C@H]([C@H](C)CCCCCOS(C)(=O)=O)[C@@H]12. The van der Waals surface area contributed by atoms with Gasteiger partial charge in [0.1, 0.15) is 66.5 Å². The molecule has 4 aliphatic rings. The zero-order valence-electron chi connectivity index (χ0n) is 62.3. The molecule has 9 amide bonds. The number of carbonyl (C=O) groups excluding carboxylic acids is 9. The Morgan fingerprint density at radius 1 is 0.619 bits per heavy atom. The maximum atomic E-state index is 15.6. The maximum Gasteiger partial charge on any atom is 0.269 e. The number of unbranched alkanes of at least 4 members (excludes halogenated alkanes) is 3. The molecule has 0 aromatic heterocycles. The van der Waals surface area contributed by atoms with Gasteiger partial charge in [-0.15, -0.1) is 0 Å². The lowest BCUT2D eigenvalue weighted by Gasteiger charge is -2.52. The number of hydrogen-bond acceptors (Lipinski definition) is 18. The molecule has 28 heteroatoms. The fourth-order valence-electron chi connectivity index (χ4n) is 13.3. The first kappa shape index (κ1) is 83.5. The zero-order chi connectivity index (χ0) is 73.2. The molecule has 0 aromatic carbocycles. The van der Waals surface area contributed by atoms with E-state index in [1.165, 1.54) is 69.6 Å². The highest BCUT2D eigenvalue weighted by Crippen LogP contribution is 2.37. The van der Waals surface area contributed by atoms with Gasteiger partial charge in [-0.25, -0.2) is 5.06 Å². The van der Waals surface area contributed by atoms with Crippen molar-refractivity contribution in [1.29, 1.82) is 0 Å². The van der Waals surface area contributed by atoms with Gasteiger partial charge in [0.15, 0.2) is 0 Å². The fourth-order valence-corrected chi connectivity index (χ4v) is 13.7. The van der Waals surface area contributed by atoms with Gasteiger partial charge in [0.05, 0.1) is 32.2 Å². The van der Waals surface area contributed by atoms with E-state index in [1.54, 1.807) is 86.8 Å². The third-order valence-electron chi connectivity index (χ3n) is 19.5. The highest BCUT2D eigenvalue weighted by Gasteiger charge is 2.53. The van der Waals surface area contributed by atoms with Crippen LogP contribution in [0.5, 0.6) is 0 Å². The van der Waals surface area contributed by atoms with E-state index in [4.69, 9.17) is 18.5 Å². The third kappa shape index (κ3) is 22.8. The Bertz CT molecular complexity index is 2820. The highest BCUT2D eigenvalue weighted by molar-refractivity contribution is 7.86. The van der Waals surface area contributed by atoms with Crippen molar-refractivity contribution in [1.82, 2.24) is 60.2 Å². The normalized spacial score (nSPS) is 28.8. The predicted octanol–water partition coefficient (Wildman–Crippen LogP) is 4.02. The minimum absolute atomic E-state index is 0.0131. The van der Waals surface area contributed by atoms with Crippen molar-refractivity contribution in [2.45, 2.75) is 240 Å². The van der Waals surface area contributed by atoms with E-state index in [-0.39, 0.29) is 61.8 Å². The topological polar surface area (TPSA) is 290 Å². The minimum Gasteiger partial charge on any atom is -0.379 e. The van der Waals surface area contributed by atoms with Crippen molar-refractivity contribution >= 4 is 63.3 Å². The van der Waals surface area contributed by atoms with Gasteiger partial charge in [-0.2, -0.15) is 8.42 Å². The lowest BCUT2D eigenvalue weighted by molar-refractivity contribution is -0.322. The lowest BCUT2D eigenvalue weighted by atomic mass is 9.87. The second kappa shape index (κ2) is 38.0. The fraction of sp³-hybridized carbons (Fsp3) is 0.812. The number of rotatable bonds is 22. The van der Waals surface area contributed by atoms with Crippen LogP contribution < -0.4 is 16.0 Å². The number of fused-ring (bicyclic) bond motifs is 4. The molecule has 3 fully saturated rings. The van der Waals surface area contributed by atoms with Crippen molar-refractivity contribution in [3.8, 4) is 0 Å². The number of likely N-dealkylation sites (N-methyl/N-ethyl adjacent to an activating group) is 6. The van der Waals surface area contributed by atoms with Gasteiger partial charge in [0.25, 0.3) is 16.0 Å². The number of carbonyl (C=O) groups is 9. The first-order valence-corrected chi connectivity index (χ1v) is 37.0. The average molecular weight is 1390 g/mol.